The first-order valence-corrected chi connectivity index (χ1v) is 5.49. The lowest BCUT2D eigenvalue weighted by Crippen LogP contribution is -2.05. The molecule has 0 unspecified atom stereocenters. The molecule has 4 nitrogen and oxygen atoms in total. The number of aryl methyl sites for hydroxylation is 2. The zero-order chi connectivity index (χ0) is 12.6. The Morgan fingerprint density at radius 1 is 1.29 bits per heavy atom. The number of fused-ring (bicyclic) bond motifs is 1. The van der Waals surface area contributed by atoms with Crippen LogP contribution in [0.3, 0.4) is 0 Å². The second-order valence-electron chi connectivity index (χ2n) is 4.20. The Bertz CT molecular complexity index is 584. The Kier molecular flexibility index (Phi) is 2.90. The number of rotatable bonds is 3. The van der Waals surface area contributed by atoms with Crippen LogP contribution in [0.1, 0.15) is 21.6 Å². The Labute approximate surface area is 99.1 Å². The number of aromatic carboxylic acids is 1. The van der Waals surface area contributed by atoms with E-state index >= 15 is 0 Å². The van der Waals surface area contributed by atoms with Crippen LogP contribution in [0.5, 0.6) is 0 Å². The van der Waals surface area contributed by atoms with Crippen molar-refractivity contribution in [2.45, 2.75) is 20.4 Å². The molecule has 0 amide bonds. The van der Waals surface area contributed by atoms with Crippen LogP contribution in [-0.4, -0.2) is 27.4 Å². The maximum Gasteiger partial charge on any atom is 0.335 e. The van der Waals surface area contributed by atoms with E-state index in [9.17, 15) is 4.79 Å². The summed E-state index contributed by atoms with van der Waals surface area (Å²) in [6.07, 6.45) is 0. The van der Waals surface area contributed by atoms with E-state index in [1.165, 1.54) is 0 Å². The molecule has 0 saturated heterocycles. The zero-order valence-corrected chi connectivity index (χ0v) is 9.90. The quantitative estimate of drug-likeness (QED) is 0.851. The molecule has 17 heavy (non-hydrogen) atoms. The standard InChI is InChI=1S/C13H15NO3/c1-8-5-11(13(16)17)7-10-6-9(2)14(3-4-15)12(8)10/h5-7,15H,3-4H2,1-2H3,(H,16,17). The van der Waals surface area contributed by atoms with Crippen LogP contribution >= 0.6 is 0 Å². The highest BCUT2D eigenvalue weighted by atomic mass is 16.4. The minimum Gasteiger partial charge on any atom is -0.478 e. The minimum absolute atomic E-state index is 0.0741. The predicted octanol–water partition coefficient (Wildman–Crippen LogP) is 1.95. The van der Waals surface area contributed by atoms with Crippen molar-refractivity contribution < 1.29 is 15.0 Å². The van der Waals surface area contributed by atoms with Gasteiger partial charge in [-0.15, -0.1) is 0 Å². The van der Waals surface area contributed by atoms with Crippen LogP contribution in [0.15, 0.2) is 18.2 Å². The highest BCUT2D eigenvalue weighted by Gasteiger charge is 2.12. The topological polar surface area (TPSA) is 62.5 Å². The van der Waals surface area contributed by atoms with Crippen molar-refractivity contribution in [3.63, 3.8) is 0 Å². The van der Waals surface area contributed by atoms with Gasteiger partial charge in [0.25, 0.3) is 0 Å². The number of aromatic nitrogens is 1. The summed E-state index contributed by atoms with van der Waals surface area (Å²) in [6.45, 7) is 4.45. The maximum absolute atomic E-state index is 11.0. The van der Waals surface area contributed by atoms with Crippen molar-refractivity contribution in [3.05, 3.63) is 35.0 Å². The lowest BCUT2D eigenvalue weighted by atomic mass is 10.1. The van der Waals surface area contributed by atoms with Gasteiger partial charge in [0.05, 0.1) is 17.7 Å². The molecule has 0 aliphatic heterocycles. The lowest BCUT2D eigenvalue weighted by Gasteiger charge is -2.08. The summed E-state index contributed by atoms with van der Waals surface area (Å²) in [4.78, 5) is 11.0. The van der Waals surface area contributed by atoms with Crippen molar-refractivity contribution in [3.8, 4) is 0 Å². The fourth-order valence-electron chi connectivity index (χ4n) is 2.28. The molecule has 0 bridgehead atoms. The number of carboxylic acid groups (broad SMARTS) is 1. The summed E-state index contributed by atoms with van der Waals surface area (Å²) in [7, 11) is 0. The maximum atomic E-state index is 11.0. The summed E-state index contributed by atoms with van der Waals surface area (Å²) in [5.74, 6) is -0.914. The average Bonchev–Trinajstić information content (AvgIpc) is 2.56. The second kappa shape index (κ2) is 4.22. The van der Waals surface area contributed by atoms with Crippen molar-refractivity contribution in [2.75, 3.05) is 6.61 Å². The molecule has 0 saturated carbocycles. The molecular formula is C13H15NO3. The first-order chi connectivity index (χ1) is 8.04. The van der Waals surface area contributed by atoms with Gasteiger partial charge in [0.1, 0.15) is 0 Å². The van der Waals surface area contributed by atoms with E-state index in [4.69, 9.17) is 10.2 Å². The Balaban J connectivity index is 2.72. The SMILES string of the molecule is Cc1cc(C(=O)O)cc2cc(C)n(CCO)c12. The van der Waals surface area contributed by atoms with Gasteiger partial charge in [0.15, 0.2) is 0 Å². The van der Waals surface area contributed by atoms with Crippen molar-refractivity contribution in [1.29, 1.82) is 0 Å². The number of carboxylic acids is 1. The number of benzene rings is 1. The van der Waals surface area contributed by atoms with E-state index in [0.717, 1.165) is 22.2 Å². The molecule has 0 aliphatic carbocycles. The Morgan fingerprint density at radius 2 is 2.00 bits per heavy atom. The van der Waals surface area contributed by atoms with Gasteiger partial charge >= 0.3 is 5.97 Å². The molecule has 2 rings (SSSR count). The van der Waals surface area contributed by atoms with E-state index in [1.54, 1.807) is 12.1 Å². The third-order valence-electron chi connectivity index (χ3n) is 2.96. The first kappa shape index (κ1) is 11.7. The molecule has 90 valence electrons. The molecule has 0 atom stereocenters. The van der Waals surface area contributed by atoms with Crippen molar-refractivity contribution in [2.24, 2.45) is 0 Å². The zero-order valence-electron chi connectivity index (χ0n) is 9.90. The smallest absolute Gasteiger partial charge is 0.335 e. The monoisotopic (exact) mass is 233 g/mol. The van der Waals surface area contributed by atoms with Gasteiger partial charge in [-0.3, -0.25) is 0 Å². The fourth-order valence-corrected chi connectivity index (χ4v) is 2.28. The summed E-state index contributed by atoms with van der Waals surface area (Å²) in [5, 5.41) is 19.0. The molecule has 2 N–H and O–H groups in total. The Hall–Kier alpha value is -1.81. The fraction of sp³-hybridized carbons (Fsp3) is 0.308. The normalized spacial score (nSPS) is 11.0. The van der Waals surface area contributed by atoms with E-state index in [1.807, 2.05) is 24.5 Å². The van der Waals surface area contributed by atoms with Crippen LogP contribution < -0.4 is 0 Å². The summed E-state index contributed by atoms with van der Waals surface area (Å²) < 4.78 is 2.01. The van der Waals surface area contributed by atoms with E-state index in [0.29, 0.717) is 12.1 Å². The number of aliphatic hydroxyl groups excluding tert-OH is 1. The van der Waals surface area contributed by atoms with Crippen LogP contribution in [0.25, 0.3) is 10.9 Å². The molecule has 0 fully saturated rings. The van der Waals surface area contributed by atoms with Gasteiger partial charge in [-0.1, -0.05) is 0 Å². The molecule has 0 aliphatic rings. The Morgan fingerprint density at radius 3 is 2.59 bits per heavy atom. The minimum atomic E-state index is -0.914. The largest absolute Gasteiger partial charge is 0.478 e. The summed E-state index contributed by atoms with van der Waals surface area (Å²) in [6, 6.07) is 5.29. The first-order valence-electron chi connectivity index (χ1n) is 5.49. The van der Waals surface area contributed by atoms with Crippen molar-refractivity contribution >= 4 is 16.9 Å². The molecule has 0 radical (unpaired) electrons. The third-order valence-corrected chi connectivity index (χ3v) is 2.96. The van der Waals surface area contributed by atoms with Gasteiger partial charge in [0, 0.05) is 17.6 Å². The third kappa shape index (κ3) is 1.91. The van der Waals surface area contributed by atoms with Crippen LogP contribution in [0.2, 0.25) is 0 Å². The number of nitrogens with zero attached hydrogens (tertiary/aromatic N) is 1. The predicted molar refractivity (Wildman–Crippen MR) is 65.5 cm³/mol. The van der Waals surface area contributed by atoms with Gasteiger partial charge in [0.2, 0.25) is 0 Å². The lowest BCUT2D eigenvalue weighted by molar-refractivity contribution is 0.0697. The van der Waals surface area contributed by atoms with E-state index < -0.39 is 5.97 Å². The molecule has 1 aromatic heterocycles. The number of hydrogen-bond donors (Lipinski definition) is 2. The molecule has 0 spiro atoms. The highest BCUT2D eigenvalue weighted by Crippen LogP contribution is 2.24. The summed E-state index contributed by atoms with van der Waals surface area (Å²) >= 11 is 0. The van der Waals surface area contributed by atoms with Gasteiger partial charge < -0.3 is 14.8 Å². The highest BCUT2D eigenvalue weighted by molar-refractivity contribution is 5.95. The molecule has 2 aromatic rings. The molecule has 4 heteroatoms. The number of hydrogen-bond acceptors (Lipinski definition) is 2. The summed E-state index contributed by atoms with van der Waals surface area (Å²) in [5.41, 5.74) is 3.25. The molecule has 1 aromatic carbocycles. The second-order valence-corrected chi connectivity index (χ2v) is 4.20. The molecular weight excluding hydrogens is 218 g/mol. The van der Waals surface area contributed by atoms with E-state index in [-0.39, 0.29) is 6.61 Å². The van der Waals surface area contributed by atoms with Gasteiger partial charge in [-0.25, -0.2) is 4.79 Å². The van der Waals surface area contributed by atoms with Crippen LogP contribution in [0, 0.1) is 13.8 Å². The average molecular weight is 233 g/mol. The van der Waals surface area contributed by atoms with Crippen LogP contribution in [-0.2, 0) is 6.54 Å². The van der Waals surface area contributed by atoms with Gasteiger partial charge in [-0.2, -0.15) is 0 Å². The van der Waals surface area contributed by atoms with Gasteiger partial charge in [-0.05, 0) is 37.6 Å². The number of aliphatic hydroxyl groups is 1. The number of carbonyl (C=O) groups is 1. The van der Waals surface area contributed by atoms with E-state index in [2.05, 4.69) is 0 Å². The van der Waals surface area contributed by atoms with Crippen LogP contribution in [0.4, 0.5) is 0 Å². The molecule has 1 heterocycles. The van der Waals surface area contributed by atoms with Crippen molar-refractivity contribution in [1.82, 2.24) is 4.57 Å².